The van der Waals surface area contributed by atoms with E-state index in [2.05, 4.69) is 4.72 Å². The van der Waals surface area contributed by atoms with E-state index in [9.17, 15) is 13.2 Å². The monoisotopic (exact) mass is 342 g/mol. The molecule has 1 amide bonds. The highest BCUT2D eigenvalue weighted by Gasteiger charge is 2.17. The van der Waals surface area contributed by atoms with Crippen molar-refractivity contribution in [3.63, 3.8) is 0 Å². The number of sulfonamides is 1. The van der Waals surface area contributed by atoms with Crippen molar-refractivity contribution in [1.82, 2.24) is 4.72 Å². The highest BCUT2D eigenvalue weighted by molar-refractivity contribution is 7.89. The van der Waals surface area contributed by atoms with Gasteiger partial charge in [-0.1, -0.05) is 25.5 Å². The molecule has 0 aromatic heterocycles. The molecule has 0 atom stereocenters. The second kappa shape index (κ2) is 9.52. The van der Waals surface area contributed by atoms with Crippen LogP contribution in [0.3, 0.4) is 0 Å². The van der Waals surface area contributed by atoms with Gasteiger partial charge in [-0.2, -0.15) is 0 Å². The van der Waals surface area contributed by atoms with Gasteiger partial charge in [-0.05, 0) is 25.5 Å². The molecule has 0 fully saturated rings. The van der Waals surface area contributed by atoms with E-state index in [1.807, 2.05) is 26.0 Å². The average Bonchev–Trinajstić information content (AvgIpc) is 2.50. The molecule has 1 N–H and O–H groups in total. The zero-order chi connectivity index (χ0) is 17.3. The van der Waals surface area contributed by atoms with Crippen LogP contribution in [0, 0.1) is 0 Å². The third-order valence-electron chi connectivity index (χ3n) is 3.26. The summed E-state index contributed by atoms with van der Waals surface area (Å²) >= 11 is 0. The van der Waals surface area contributed by atoms with Crippen molar-refractivity contribution in [3.8, 4) is 5.75 Å². The van der Waals surface area contributed by atoms with Gasteiger partial charge >= 0.3 is 0 Å². The number of carbonyl (C=O) groups excluding carboxylic acids is 1. The molecule has 1 aromatic carbocycles. The third-order valence-corrected chi connectivity index (χ3v) is 4.73. The Morgan fingerprint density at radius 2 is 1.96 bits per heavy atom. The largest absolute Gasteiger partial charge is 0.492 e. The minimum atomic E-state index is -3.29. The highest BCUT2D eigenvalue weighted by Crippen LogP contribution is 2.27. The Morgan fingerprint density at radius 3 is 2.57 bits per heavy atom. The van der Waals surface area contributed by atoms with E-state index in [1.165, 1.54) is 11.8 Å². The highest BCUT2D eigenvalue weighted by atomic mass is 32.2. The molecule has 23 heavy (non-hydrogen) atoms. The fourth-order valence-corrected chi connectivity index (χ4v) is 3.34. The predicted molar refractivity (Wildman–Crippen MR) is 92.3 cm³/mol. The van der Waals surface area contributed by atoms with Crippen molar-refractivity contribution in [2.75, 3.05) is 30.3 Å². The van der Waals surface area contributed by atoms with Crippen LogP contribution in [-0.4, -0.2) is 39.8 Å². The molecule has 0 bridgehead atoms. The fraction of sp³-hybridized carbons (Fsp3) is 0.562. The summed E-state index contributed by atoms with van der Waals surface area (Å²) in [4.78, 5) is 13.4. The number of anilines is 1. The number of rotatable bonds is 10. The number of hydrogen-bond donors (Lipinski definition) is 1. The molecule has 6 nitrogen and oxygen atoms in total. The molecule has 130 valence electrons. The van der Waals surface area contributed by atoms with E-state index < -0.39 is 10.0 Å². The van der Waals surface area contributed by atoms with Crippen molar-refractivity contribution >= 4 is 21.6 Å². The lowest BCUT2D eigenvalue weighted by Crippen LogP contribution is -2.38. The maximum Gasteiger partial charge on any atom is 0.224 e. The minimum absolute atomic E-state index is 0.110. The zero-order valence-corrected chi connectivity index (χ0v) is 14.9. The topological polar surface area (TPSA) is 75.7 Å². The first-order valence-corrected chi connectivity index (χ1v) is 9.53. The van der Waals surface area contributed by atoms with Gasteiger partial charge in [0.2, 0.25) is 15.9 Å². The molecule has 0 saturated carbocycles. The smallest absolute Gasteiger partial charge is 0.224 e. The molecule has 0 aliphatic carbocycles. The number of benzene rings is 1. The van der Waals surface area contributed by atoms with Crippen LogP contribution in [0.25, 0.3) is 0 Å². The van der Waals surface area contributed by atoms with Crippen molar-refractivity contribution in [1.29, 1.82) is 0 Å². The number of nitrogens with zero attached hydrogens (tertiary/aromatic N) is 1. The number of para-hydroxylation sites is 2. The van der Waals surface area contributed by atoms with Crippen LogP contribution in [-0.2, 0) is 14.8 Å². The molecule has 0 aliphatic rings. The average molecular weight is 342 g/mol. The first-order valence-electron chi connectivity index (χ1n) is 7.88. The van der Waals surface area contributed by atoms with Gasteiger partial charge in [0.25, 0.3) is 0 Å². The van der Waals surface area contributed by atoms with Gasteiger partial charge < -0.3 is 9.64 Å². The van der Waals surface area contributed by atoms with Gasteiger partial charge in [0.05, 0.1) is 18.0 Å². The van der Waals surface area contributed by atoms with Gasteiger partial charge in [0, 0.05) is 20.0 Å². The van der Waals surface area contributed by atoms with E-state index in [4.69, 9.17) is 4.74 Å². The molecule has 0 aliphatic heterocycles. The van der Waals surface area contributed by atoms with Crippen LogP contribution < -0.4 is 14.4 Å². The van der Waals surface area contributed by atoms with Crippen LogP contribution in [0.15, 0.2) is 24.3 Å². The van der Waals surface area contributed by atoms with E-state index in [0.717, 1.165) is 6.42 Å². The number of carbonyl (C=O) groups is 1. The Kier molecular flexibility index (Phi) is 8.05. The van der Waals surface area contributed by atoms with E-state index in [0.29, 0.717) is 24.5 Å². The molecule has 0 heterocycles. The van der Waals surface area contributed by atoms with Crippen LogP contribution >= 0.6 is 0 Å². The van der Waals surface area contributed by atoms with E-state index >= 15 is 0 Å². The molecule has 1 aromatic rings. The Labute approximate surface area is 138 Å². The quantitative estimate of drug-likeness (QED) is 0.707. The van der Waals surface area contributed by atoms with Crippen molar-refractivity contribution in [2.24, 2.45) is 0 Å². The van der Waals surface area contributed by atoms with Crippen LogP contribution in [0.5, 0.6) is 5.75 Å². The number of ether oxygens (including phenoxy) is 1. The standard InChI is InChI=1S/C16H26N2O4S/c1-4-6-13-23(20,21)17-11-12-18(14(3)19)15-9-7-8-10-16(15)22-5-2/h7-10,17H,4-6,11-13H2,1-3H3. The van der Waals surface area contributed by atoms with Crippen LogP contribution in [0.2, 0.25) is 0 Å². The second-order valence-electron chi connectivity index (χ2n) is 5.14. The first-order chi connectivity index (χ1) is 10.9. The lowest BCUT2D eigenvalue weighted by atomic mass is 10.2. The molecule has 0 saturated heterocycles. The second-order valence-corrected chi connectivity index (χ2v) is 7.06. The fourth-order valence-electron chi connectivity index (χ4n) is 2.12. The van der Waals surface area contributed by atoms with Gasteiger partial charge in [0.15, 0.2) is 0 Å². The Morgan fingerprint density at radius 1 is 1.26 bits per heavy atom. The maximum absolute atomic E-state index is 11.9. The van der Waals surface area contributed by atoms with Gasteiger partial charge in [-0.15, -0.1) is 0 Å². The summed E-state index contributed by atoms with van der Waals surface area (Å²) in [5.41, 5.74) is 0.648. The Balaban J connectivity index is 2.76. The summed E-state index contributed by atoms with van der Waals surface area (Å²) in [6, 6.07) is 7.23. The summed E-state index contributed by atoms with van der Waals surface area (Å²) in [6.45, 7) is 6.19. The van der Waals surface area contributed by atoms with E-state index in [1.54, 1.807) is 12.1 Å². The van der Waals surface area contributed by atoms with Crippen molar-refractivity contribution < 1.29 is 17.9 Å². The van der Waals surface area contributed by atoms with Gasteiger partial charge in [0.1, 0.15) is 5.75 Å². The normalized spacial score (nSPS) is 11.3. The number of hydrogen-bond acceptors (Lipinski definition) is 4. The number of unbranched alkanes of at least 4 members (excludes halogenated alkanes) is 1. The van der Waals surface area contributed by atoms with Crippen LogP contribution in [0.1, 0.15) is 33.6 Å². The summed E-state index contributed by atoms with van der Waals surface area (Å²) < 4.78 is 31.7. The van der Waals surface area contributed by atoms with Gasteiger partial charge in [-0.25, -0.2) is 13.1 Å². The van der Waals surface area contributed by atoms with Gasteiger partial charge in [-0.3, -0.25) is 4.79 Å². The molecule has 7 heteroatoms. The number of nitrogens with one attached hydrogen (secondary N) is 1. The SMILES string of the molecule is CCCCS(=O)(=O)NCCN(C(C)=O)c1ccccc1OCC. The van der Waals surface area contributed by atoms with E-state index in [-0.39, 0.29) is 24.7 Å². The lowest BCUT2D eigenvalue weighted by Gasteiger charge is -2.23. The summed E-state index contributed by atoms with van der Waals surface area (Å²) in [5.74, 6) is 0.558. The maximum atomic E-state index is 11.9. The third kappa shape index (κ3) is 6.58. The first kappa shape index (κ1) is 19.4. The molecule has 0 spiro atoms. The van der Waals surface area contributed by atoms with Crippen LogP contribution in [0.4, 0.5) is 5.69 Å². The summed E-state index contributed by atoms with van der Waals surface area (Å²) in [7, 11) is -3.29. The predicted octanol–water partition coefficient (Wildman–Crippen LogP) is 2.16. The molecule has 0 unspecified atom stereocenters. The zero-order valence-electron chi connectivity index (χ0n) is 14.0. The minimum Gasteiger partial charge on any atom is -0.492 e. The summed E-state index contributed by atoms with van der Waals surface area (Å²) in [6.07, 6.45) is 1.45. The molecule has 0 radical (unpaired) electrons. The Bertz CT molecular complexity index is 602. The van der Waals surface area contributed by atoms with Crippen molar-refractivity contribution in [3.05, 3.63) is 24.3 Å². The lowest BCUT2D eigenvalue weighted by molar-refractivity contribution is -0.116. The van der Waals surface area contributed by atoms with Crippen molar-refractivity contribution in [2.45, 2.75) is 33.6 Å². The molecular weight excluding hydrogens is 316 g/mol. The number of amides is 1. The Hall–Kier alpha value is -1.60. The molecular formula is C16H26N2O4S. The summed E-state index contributed by atoms with van der Waals surface area (Å²) in [5, 5.41) is 0. The molecule has 1 rings (SSSR count).